The quantitative estimate of drug-likeness (QED) is 0.124. The van der Waals surface area contributed by atoms with Crippen LogP contribution >= 0.6 is 0 Å². The highest BCUT2D eigenvalue weighted by Crippen LogP contribution is 2.39. The second-order valence-corrected chi connectivity index (χ2v) is 10.5. The van der Waals surface area contributed by atoms with Gasteiger partial charge in [-0.2, -0.15) is 0 Å². The molecular weight excluding hydrogens is 530 g/mol. The molecule has 3 N–H and O–H groups in total. The van der Waals surface area contributed by atoms with Crippen molar-refractivity contribution in [2.24, 2.45) is 5.73 Å². The molecule has 43 heavy (non-hydrogen) atoms. The highest BCUT2D eigenvalue weighted by molar-refractivity contribution is 5.86. The molecule has 0 unspecified atom stereocenters. The standard InChI is InChI=1S/C24H29N3O.C11H17N.C2H5N/c1-17(2)24(19(4)28-6)20-10-11-22-23(15-20)26(5)16-18(3)27(22)14-12-21-9-7-8-13-25-21;1-2-9-12-10-8-11-6-4-3-5-7-11;1-2-3/h7-11,13,15H,1,3,12,14,16H2,2,4-6H3;2,4,6-7,12H,1,3,5,8-10H2;2H,1,3H2/b24-19+;;. The maximum Gasteiger partial charge on any atom is 0.100 e. The summed E-state index contributed by atoms with van der Waals surface area (Å²) in [6, 6.07) is 12.6. The molecule has 0 spiro atoms. The van der Waals surface area contributed by atoms with E-state index in [0.717, 1.165) is 72.9 Å². The van der Waals surface area contributed by atoms with Gasteiger partial charge < -0.3 is 25.6 Å². The number of nitrogens with two attached hydrogens (primary N) is 1. The Labute approximate surface area is 260 Å². The Hall–Kier alpha value is -4.29. The van der Waals surface area contributed by atoms with E-state index >= 15 is 0 Å². The van der Waals surface area contributed by atoms with Crippen LogP contribution in [-0.2, 0) is 11.2 Å². The van der Waals surface area contributed by atoms with Gasteiger partial charge in [-0.25, -0.2) is 0 Å². The van der Waals surface area contributed by atoms with Gasteiger partial charge in [0.2, 0.25) is 0 Å². The van der Waals surface area contributed by atoms with Gasteiger partial charge >= 0.3 is 0 Å². The Morgan fingerprint density at radius 3 is 2.49 bits per heavy atom. The van der Waals surface area contributed by atoms with E-state index < -0.39 is 0 Å². The van der Waals surface area contributed by atoms with E-state index in [1.807, 2.05) is 38.3 Å². The summed E-state index contributed by atoms with van der Waals surface area (Å²) in [5.74, 6) is 0.877. The molecule has 0 bridgehead atoms. The lowest BCUT2D eigenvalue weighted by Crippen LogP contribution is -2.38. The minimum atomic E-state index is 0.800. The van der Waals surface area contributed by atoms with Gasteiger partial charge in [-0.15, -0.1) is 6.58 Å². The summed E-state index contributed by atoms with van der Waals surface area (Å²) in [4.78, 5) is 9.00. The average Bonchev–Trinajstić information content (AvgIpc) is 3.01. The lowest BCUT2D eigenvalue weighted by atomic mass is 9.96. The van der Waals surface area contributed by atoms with E-state index in [2.05, 4.69) is 102 Å². The number of allylic oxidation sites excluding steroid dienone is 6. The Kier molecular flexibility index (Phi) is 15.4. The van der Waals surface area contributed by atoms with Gasteiger partial charge in [0.15, 0.2) is 0 Å². The number of anilines is 2. The van der Waals surface area contributed by atoms with E-state index in [1.165, 1.54) is 36.0 Å². The molecule has 0 saturated carbocycles. The zero-order valence-electron chi connectivity index (χ0n) is 26.7. The Balaban J connectivity index is 0.000000357. The lowest BCUT2D eigenvalue weighted by Gasteiger charge is -2.39. The summed E-state index contributed by atoms with van der Waals surface area (Å²) in [7, 11) is 3.81. The average molecular weight is 582 g/mol. The molecule has 1 aliphatic heterocycles. The largest absolute Gasteiger partial charge is 0.501 e. The van der Waals surface area contributed by atoms with Crippen LogP contribution in [0.25, 0.3) is 5.57 Å². The smallest absolute Gasteiger partial charge is 0.100 e. The molecule has 2 heterocycles. The number of hydrogen-bond acceptors (Lipinski definition) is 6. The minimum Gasteiger partial charge on any atom is -0.501 e. The topological polar surface area (TPSA) is 66.7 Å². The third-order valence-corrected chi connectivity index (χ3v) is 7.12. The SMILES string of the molecule is C=C(C)/C(=C(/C)OC)c1ccc2c(c1)N(C)CC(=C)N2CCc1ccccn1.C=CCNCCC1=CCCC=C1.C=CN. The number of methoxy groups -OCH3 is 1. The van der Waals surface area contributed by atoms with Crippen molar-refractivity contribution in [3.05, 3.63) is 133 Å². The maximum absolute atomic E-state index is 5.50. The van der Waals surface area contributed by atoms with Crippen molar-refractivity contribution in [2.45, 2.75) is 39.5 Å². The van der Waals surface area contributed by atoms with Crippen LogP contribution in [0.3, 0.4) is 0 Å². The van der Waals surface area contributed by atoms with Gasteiger partial charge in [0.05, 0.1) is 25.0 Å². The Bertz CT molecular complexity index is 1310. The van der Waals surface area contributed by atoms with E-state index in [0.29, 0.717) is 0 Å². The number of rotatable bonds is 11. The predicted octanol–water partition coefficient (Wildman–Crippen LogP) is 7.56. The third kappa shape index (κ3) is 11.1. The first-order valence-corrected chi connectivity index (χ1v) is 14.9. The molecule has 0 amide bonds. The van der Waals surface area contributed by atoms with E-state index in [4.69, 9.17) is 4.74 Å². The summed E-state index contributed by atoms with van der Waals surface area (Å²) in [5.41, 5.74) is 13.8. The first kappa shape index (κ1) is 34.9. The van der Waals surface area contributed by atoms with Crippen molar-refractivity contribution in [3.63, 3.8) is 0 Å². The van der Waals surface area contributed by atoms with Gasteiger partial charge in [-0.3, -0.25) is 4.98 Å². The Morgan fingerprint density at radius 2 is 1.88 bits per heavy atom. The van der Waals surface area contributed by atoms with Crippen LogP contribution in [0.5, 0.6) is 0 Å². The van der Waals surface area contributed by atoms with Gasteiger partial charge in [-0.05, 0) is 81.3 Å². The molecule has 230 valence electrons. The maximum atomic E-state index is 5.50. The summed E-state index contributed by atoms with van der Waals surface area (Å²) in [6.45, 7) is 22.9. The van der Waals surface area contributed by atoms with Gasteiger partial charge in [0.1, 0.15) is 5.76 Å². The fourth-order valence-corrected chi connectivity index (χ4v) is 5.02. The second kappa shape index (κ2) is 19.0. The third-order valence-electron chi connectivity index (χ3n) is 7.12. The molecule has 2 aromatic rings. The fourth-order valence-electron chi connectivity index (χ4n) is 5.02. The van der Waals surface area contributed by atoms with Crippen molar-refractivity contribution in [2.75, 3.05) is 50.1 Å². The van der Waals surface area contributed by atoms with Crippen LogP contribution in [0.1, 0.15) is 44.4 Å². The van der Waals surface area contributed by atoms with Gasteiger partial charge in [0.25, 0.3) is 0 Å². The molecule has 0 saturated heterocycles. The Morgan fingerprint density at radius 1 is 1.12 bits per heavy atom. The normalized spacial score (nSPS) is 14.1. The molecular formula is C37H51N5O. The first-order chi connectivity index (χ1) is 20.8. The molecule has 4 rings (SSSR count). The number of nitrogens with zero attached hydrogens (tertiary/aromatic N) is 3. The molecule has 1 aromatic carbocycles. The summed E-state index contributed by atoms with van der Waals surface area (Å²) in [5, 5.41) is 3.29. The number of fused-ring (bicyclic) bond motifs is 1. The number of ether oxygens (including phenoxy) is 1. The number of likely N-dealkylation sites (N-methyl/N-ethyl adjacent to an activating group) is 1. The van der Waals surface area contributed by atoms with E-state index in [-0.39, 0.29) is 0 Å². The molecule has 6 nitrogen and oxygen atoms in total. The highest BCUT2D eigenvalue weighted by atomic mass is 16.5. The molecule has 0 fully saturated rings. The molecule has 2 aliphatic rings. The summed E-state index contributed by atoms with van der Waals surface area (Å²) >= 11 is 0. The molecule has 1 aromatic heterocycles. The monoisotopic (exact) mass is 581 g/mol. The number of pyridine rings is 1. The number of aromatic nitrogens is 1. The summed E-state index contributed by atoms with van der Waals surface area (Å²) < 4.78 is 5.50. The van der Waals surface area contributed by atoms with Crippen LogP contribution in [0, 0.1) is 0 Å². The highest BCUT2D eigenvalue weighted by Gasteiger charge is 2.24. The zero-order valence-corrected chi connectivity index (χ0v) is 26.7. The van der Waals surface area contributed by atoms with Crippen LogP contribution in [0.15, 0.2) is 122 Å². The minimum absolute atomic E-state index is 0.800. The molecule has 1 aliphatic carbocycles. The number of nitrogens with one attached hydrogen (secondary N) is 1. The van der Waals surface area contributed by atoms with E-state index in [9.17, 15) is 0 Å². The molecule has 0 radical (unpaired) electrons. The van der Waals surface area contributed by atoms with Crippen molar-refractivity contribution in [1.29, 1.82) is 0 Å². The molecule has 0 atom stereocenters. The molecule has 6 heteroatoms. The number of benzene rings is 1. The van der Waals surface area contributed by atoms with Gasteiger partial charge in [0, 0.05) is 49.7 Å². The summed E-state index contributed by atoms with van der Waals surface area (Å²) in [6.07, 6.45) is 16.3. The fraction of sp³-hybridized carbons (Fsp3) is 0.324. The lowest BCUT2D eigenvalue weighted by molar-refractivity contribution is 0.296. The number of hydrogen-bond donors (Lipinski definition) is 2. The van der Waals surface area contributed by atoms with Crippen molar-refractivity contribution in [1.82, 2.24) is 10.3 Å². The van der Waals surface area contributed by atoms with Crippen LogP contribution < -0.4 is 20.9 Å². The first-order valence-electron chi connectivity index (χ1n) is 14.9. The van der Waals surface area contributed by atoms with Gasteiger partial charge in [-0.1, -0.05) is 61.7 Å². The second-order valence-electron chi connectivity index (χ2n) is 10.5. The van der Waals surface area contributed by atoms with Crippen LogP contribution in [-0.4, -0.2) is 45.3 Å². The van der Waals surface area contributed by atoms with Crippen LogP contribution in [0.4, 0.5) is 11.4 Å². The zero-order chi connectivity index (χ0) is 31.6. The van der Waals surface area contributed by atoms with Crippen molar-refractivity contribution >= 4 is 16.9 Å². The van der Waals surface area contributed by atoms with Crippen molar-refractivity contribution in [3.8, 4) is 0 Å². The van der Waals surface area contributed by atoms with Crippen LogP contribution in [0.2, 0.25) is 0 Å². The van der Waals surface area contributed by atoms with E-state index in [1.54, 1.807) is 7.11 Å². The van der Waals surface area contributed by atoms with Crippen molar-refractivity contribution < 1.29 is 4.74 Å². The predicted molar refractivity (Wildman–Crippen MR) is 187 cm³/mol.